The maximum Gasteiger partial charge on any atom is 0.138 e. The highest BCUT2D eigenvalue weighted by Gasteiger charge is 2.26. The van der Waals surface area contributed by atoms with Gasteiger partial charge in [-0.25, -0.2) is 4.98 Å². The summed E-state index contributed by atoms with van der Waals surface area (Å²) < 4.78 is 9.48. The fourth-order valence-corrected chi connectivity index (χ4v) is 11.0. The van der Waals surface area contributed by atoms with Crippen molar-refractivity contribution in [3.63, 3.8) is 0 Å². The number of rotatable bonds is 5. The van der Waals surface area contributed by atoms with Crippen molar-refractivity contribution in [1.82, 2.24) is 23.3 Å². The molecular weight excluding hydrogens is 805 g/mol. The molecule has 0 aliphatic heterocycles. The zero-order valence-corrected chi connectivity index (χ0v) is 35.5. The van der Waals surface area contributed by atoms with Gasteiger partial charge in [-0.15, -0.1) is 0 Å². The molecule has 6 heteroatoms. The van der Waals surface area contributed by atoms with Crippen molar-refractivity contribution in [3.05, 3.63) is 224 Å². The summed E-state index contributed by atoms with van der Waals surface area (Å²) in [5, 5.41) is 20.0. The summed E-state index contributed by atoms with van der Waals surface area (Å²) in [5.41, 5.74) is 14.3. The number of hydrogen-bond acceptors (Lipinski definition) is 2. The first-order valence-electron chi connectivity index (χ1n) is 22.3. The van der Waals surface area contributed by atoms with Gasteiger partial charge in [-0.2, -0.15) is 5.26 Å². The lowest BCUT2D eigenvalue weighted by Crippen LogP contribution is -2.04. The number of pyridine rings is 1. The maximum absolute atomic E-state index is 10.8. The minimum atomic E-state index is 0.595. The molecule has 0 spiro atoms. The van der Waals surface area contributed by atoms with Crippen LogP contribution in [0.15, 0.2) is 219 Å². The van der Waals surface area contributed by atoms with Gasteiger partial charge in [0.05, 0.1) is 67.7 Å². The quantitative estimate of drug-likeness (QED) is 0.173. The molecule has 0 N–H and O–H groups in total. The molecule has 14 rings (SSSR count). The highest BCUT2D eigenvalue weighted by Crippen LogP contribution is 2.46. The first-order valence-corrected chi connectivity index (χ1v) is 22.3. The van der Waals surface area contributed by atoms with Crippen LogP contribution in [0.25, 0.3) is 121 Å². The molecule has 5 aromatic heterocycles. The second-order valence-corrected chi connectivity index (χ2v) is 17.0. The molecule has 0 atom stereocenters. The van der Waals surface area contributed by atoms with E-state index >= 15 is 0 Å². The number of para-hydroxylation sites is 6. The molecule has 0 fully saturated rings. The lowest BCUT2D eigenvalue weighted by Gasteiger charge is -2.18. The lowest BCUT2D eigenvalue weighted by atomic mass is 9.99. The molecular formula is C60H36N6. The Morgan fingerprint density at radius 3 is 1.33 bits per heavy atom. The summed E-state index contributed by atoms with van der Waals surface area (Å²) in [5.74, 6) is 0.767. The Hall–Kier alpha value is -9.18. The molecule has 306 valence electrons. The molecule has 14 aromatic rings. The first-order chi connectivity index (χ1) is 32.8. The van der Waals surface area contributed by atoms with Crippen molar-refractivity contribution in [1.29, 1.82) is 5.26 Å². The van der Waals surface area contributed by atoms with Gasteiger partial charge in [0.15, 0.2) is 0 Å². The third-order valence-corrected chi connectivity index (χ3v) is 13.6. The Balaban J connectivity index is 1.13. The lowest BCUT2D eigenvalue weighted by molar-refractivity contribution is 1.06. The van der Waals surface area contributed by atoms with E-state index in [-0.39, 0.29) is 0 Å². The Bertz CT molecular complexity index is 4350. The number of aromatic nitrogens is 5. The van der Waals surface area contributed by atoms with E-state index in [1.807, 2.05) is 24.4 Å². The molecule has 0 aliphatic carbocycles. The van der Waals surface area contributed by atoms with Crippen molar-refractivity contribution in [2.45, 2.75) is 0 Å². The van der Waals surface area contributed by atoms with Gasteiger partial charge in [-0.1, -0.05) is 140 Å². The van der Waals surface area contributed by atoms with Crippen LogP contribution in [0.4, 0.5) is 0 Å². The summed E-state index contributed by atoms with van der Waals surface area (Å²) in [6.45, 7) is 0. The monoisotopic (exact) mass is 840 g/mol. The Morgan fingerprint density at radius 1 is 0.348 bits per heavy atom. The van der Waals surface area contributed by atoms with E-state index in [9.17, 15) is 5.26 Å². The van der Waals surface area contributed by atoms with Crippen molar-refractivity contribution in [2.24, 2.45) is 0 Å². The standard InChI is InChI=1S/C60H36N6/c61-36-38-17-7-8-22-41(38)48-35-56(66-50-28-14-10-24-43(50)45-32-34-54-58(60(45)66)47-26-12-16-30-52(47)64(54)40-20-5-2-6-21-40)62-37-55(48)65-49-27-13-9-23-42(49)44-31-33-53-57(59(44)65)46-25-11-15-29-51(46)63(53)39-18-3-1-4-19-39/h1-35,37H. The topological polar surface area (TPSA) is 56.4 Å². The Kier molecular flexibility index (Phi) is 7.65. The number of fused-ring (bicyclic) bond motifs is 14. The number of hydrogen-bond donors (Lipinski definition) is 0. The van der Waals surface area contributed by atoms with Crippen LogP contribution in [0.1, 0.15) is 5.56 Å². The minimum absolute atomic E-state index is 0.595. The predicted octanol–water partition coefficient (Wildman–Crippen LogP) is 15.0. The summed E-state index contributed by atoms with van der Waals surface area (Å²) in [4.78, 5) is 5.53. The summed E-state index contributed by atoms with van der Waals surface area (Å²) in [6.07, 6.45) is 2.04. The van der Waals surface area contributed by atoms with Crippen LogP contribution in [0.5, 0.6) is 0 Å². The molecule has 9 aromatic carbocycles. The van der Waals surface area contributed by atoms with Gasteiger partial charge in [0.25, 0.3) is 0 Å². The van der Waals surface area contributed by atoms with Crippen molar-refractivity contribution < 1.29 is 0 Å². The predicted molar refractivity (Wildman–Crippen MR) is 272 cm³/mol. The third-order valence-electron chi connectivity index (χ3n) is 13.6. The average Bonchev–Trinajstić information content (AvgIpc) is 4.11. The van der Waals surface area contributed by atoms with E-state index in [4.69, 9.17) is 4.98 Å². The van der Waals surface area contributed by atoms with E-state index < -0.39 is 0 Å². The molecule has 0 aliphatic rings. The van der Waals surface area contributed by atoms with E-state index in [1.54, 1.807) is 0 Å². The number of benzene rings is 9. The molecule has 0 saturated carbocycles. The third kappa shape index (κ3) is 4.97. The zero-order valence-electron chi connectivity index (χ0n) is 35.5. The van der Waals surface area contributed by atoms with Crippen molar-refractivity contribution in [2.75, 3.05) is 0 Å². The Morgan fingerprint density at radius 2 is 0.788 bits per heavy atom. The summed E-state index contributed by atoms with van der Waals surface area (Å²) >= 11 is 0. The van der Waals surface area contributed by atoms with Crippen LogP contribution < -0.4 is 0 Å². The smallest absolute Gasteiger partial charge is 0.138 e. The van der Waals surface area contributed by atoms with E-state index in [2.05, 4.69) is 218 Å². The van der Waals surface area contributed by atoms with E-state index in [0.717, 1.165) is 110 Å². The highest BCUT2D eigenvalue weighted by molar-refractivity contribution is 6.27. The molecule has 0 unspecified atom stereocenters. The van der Waals surface area contributed by atoms with Gasteiger partial charge in [0, 0.05) is 65.6 Å². The second-order valence-electron chi connectivity index (χ2n) is 17.0. The second kappa shape index (κ2) is 13.9. The van der Waals surface area contributed by atoms with Gasteiger partial charge in [-0.05, 0) is 72.8 Å². The highest BCUT2D eigenvalue weighted by atomic mass is 15.1. The average molecular weight is 841 g/mol. The SMILES string of the molecule is N#Cc1ccccc1-c1cc(-n2c3ccccc3c3ccc4c(c5ccccc5n4-c4ccccc4)c32)ncc1-n1c2ccccc2c2ccc3c(c4ccccc4n3-c3ccccc3)c21. The molecule has 0 bridgehead atoms. The van der Waals surface area contributed by atoms with Crippen LogP contribution in [0.3, 0.4) is 0 Å². The first kappa shape index (κ1) is 36.3. The molecule has 0 amide bonds. The van der Waals surface area contributed by atoms with Crippen LogP contribution in [-0.4, -0.2) is 23.3 Å². The maximum atomic E-state index is 10.8. The summed E-state index contributed by atoms with van der Waals surface area (Å²) in [7, 11) is 0. The zero-order chi connectivity index (χ0) is 43.5. The van der Waals surface area contributed by atoms with E-state index in [1.165, 1.54) is 10.8 Å². The van der Waals surface area contributed by atoms with Gasteiger partial charge in [0.2, 0.25) is 0 Å². The van der Waals surface area contributed by atoms with Crippen LogP contribution >= 0.6 is 0 Å². The van der Waals surface area contributed by atoms with Gasteiger partial charge in [-0.3, -0.25) is 4.57 Å². The largest absolute Gasteiger partial charge is 0.309 e. The summed E-state index contributed by atoms with van der Waals surface area (Å²) in [6, 6.07) is 77.7. The molecule has 0 saturated heterocycles. The minimum Gasteiger partial charge on any atom is -0.309 e. The van der Waals surface area contributed by atoms with Crippen LogP contribution in [0, 0.1) is 11.3 Å². The number of nitriles is 1. The normalized spacial score (nSPS) is 11.9. The van der Waals surface area contributed by atoms with Crippen LogP contribution in [-0.2, 0) is 0 Å². The van der Waals surface area contributed by atoms with Crippen LogP contribution in [0.2, 0.25) is 0 Å². The van der Waals surface area contributed by atoms with Gasteiger partial charge in [0.1, 0.15) is 5.82 Å². The molecule has 66 heavy (non-hydrogen) atoms. The fourth-order valence-electron chi connectivity index (χ4n) is 11.0. The van der Waals surface area contributed by atoms with Gasteiger partial charge < -0.3 is 13.7 Å². The van der Waals surface area contributed by atoms with E-state index in [0.29, 0.717) is 5.56 Å². The Labute approximate surface area is 378 Å². The molecule has 5 heterocycles. The number of nitrogens with zero attached hydrogens (tertiary/aromatic N) is 6. The molecule has 6 nitrogen and oxygen atoms in total. The van der Waals surface area contributed by atoms with Crippen molar-refractivity contribution in [3.8, 4) is 40.1 Å². The van der Waals surface area contributed by atoms with Gasteiger partial charge >= 0.3 is 0 Å². The fraction of sp³-hybridized carbons (Fsp3) is 0. The molecule has 0 radical (unpaired) electrons. The van der Waals surface area contributed by atoms with Crippen molar-refractivity contribution >= 4 is 87.2 Å².